The van der Waals surface area contributed by atoms with E-state index >= 15 is 0 Å². The molecule has 0 saturated heterocycles. The summed E-state index contributed by atoms with van der Waals surface area (Å²) in [4.78, 5) is 11.7. The van der Waals surface area contributed by atoms with Crippen LogP contribution in [0, 0.1) is 17.5 Å². The van der Waals surface area contributed by atoms with Crippen molar-refractivity contribution in [3.63, 3.8) is 0 Å². The van der Waals surface area contributed by atoms with Crippen LogP contribution in [-0.4, -0.2) is 12.5 Å². The molecule has 0 aromatic heterocycles. The van der Waals surface area contributed by atoms with Gasteiger partial charge in [0, 0.05) is 4.47 Å². The minimum atomic E-state index is -0.879. The Hall–Kier alpha value is -2.02. The molecule has 0 bridgehead atoms. The average molecular weight is 359 g/mol. The zero-order chi connectivity index (χ0) is 15.4. The van der Waals surface area contributed by atoms with Gasteiger partial charge in [0.15, 0.2) is 0 Å². The molecule has 2 N–H and O–H groups in total. The zero-order valence-corrected chi connectivity index (χ0v) is 12.2. The van der Waals surface area contributed by atoms with Crippen LogP contribution >= 0.6 is 15.9 Å². The van der Waals surface area contributed by atoms with Gasteiger partial charge in [0.05, 0.1) is 12.2 Å². The van der Waals surface area contributed by atoms with Gasteiger partial charge in [-0.1, -0.05) is 12.1 Å². The van der Waals surface area contributed by atoms with E-state index in [9.17, 15) is 18.0 Å². The second kappa shape index (κ2) is 6.62. The fraction of sp³-hybridized carbons (Fsp3) is 0.0714. The number of carbonyl (C=O) groups excluding carboxylic acids is 1. The molecule has 0 spiro atoms. The van der Waals surface area contributed by atoms with Crippen molar-refractivity contribution in [1.29, 1.82) is 0 Å². The second-order valence-corrected chi connectivity index (χ2v) is 4.95. The molecule has 2 aromatic rings. The molecule has 0 aliphatic carbocycles. The van der Waals surface area contributed by atoms with Gasteiger partial charge < -0.3 is 10.6 Å². The normalized spacial score (nSPS) is 10.3. The number of rotatable bonds is 4. The molecule has 2 rings (SSSR count). The molecule has 21 heavy (non-hydrogen) atoms. The molecule has 0 radical (unpaired) electrons. The summed E-state index contributed by atoms with van der Waals surface area (Å²) in [6.07, 6.45) is 0. The van der Waals surface area contributed by atoms with Gasteiger partial charge in [-0.05, 0) is 40.2 Å². The predicted octanol–water partition coefficient (Wildman–Crippen LogP) is 3.92. The highest BCUT2D eigenvalue weighted by Crippen LogP contribution is 2.25. The first-order valence-electron chi connectivity index (χ1n) is 5.91. The van der Waals surface area contributed by atoms with E-state index in [0.29, 0.717) is 4.47 Å². The number of hydrogen-bond donors (Lipinski definition) is 2. The number of hydrogen-bond acceptors (Lipinski definition) is 2. The molecule has 0 aliphatic heterocycles. The van der Waals surface area contributed by atoms with Crippen LogP contribution in [0.3, 0.4) is 0 Å². The maximum atomic E-state index is 13.5. The number of benzene rings is 2. The summed E-state index contributed by atoms with van der Waals surface area (Å²) in [5, 5.41) is 4.66. The largest absolute Gasteiger partial charge is 0.373 e. The number of halogens is 4. The molecule has 0 fully saturated rings. The molecule has 2 aromatic carbocycles. The molecule has 1 amide bonds. The standard InChI is InChI=1S/C14H10BrF3N2O/c15-8-3-1-4-9(16)13(8)19-7-12(21)20-14-10(17)5-2-6-11(14)18/h1-6,19H,7H2,(H,20,21). The van der Waals surface area contributed by atoms with E-state index in [1.54, 1.807) is 6.07 Å². The number of carbonyl (C=O) groups is 1. The maximum absolute atomic E-state index is 13.5. The Bertz CT molecular complexity index is 639. The third-order valence-corrected chi connectivity index (χ3v) is 3.28. The first kappa shape index (κ1) is 15.4. The van der Waals surface area contributed by atoms with Crippen molar-refractivity contribution < 1.29 is 18.0 Å². The van der Waals surface area contributed by atoms with E-state index < -0.39 is 29.0 Å². The lowest BCUT2D eigenvalue weighted by Crippen LogP contribution is -2.23. The predicted molar refractivity (Wildman–Crippen MR) is 77.6 cm³/mol. The van der Waals surface area contributed by atoms with Gasteiger partial charge in [-0.15, -0.1) is 0 Å². The zero-order valence-electron chi connectivity index (χ0n) is 10.6. The third-order valence-electron chi connectivity index (χ3n) is 2.62. The summed E-state index contributed by atoms with van der Waals surface area (Å²) in [7, 11) is 0. The van der Waals surface area contributed by atoms with Crippen LogP contribution in [0.1, 0.15) is 0 Å². The maximum Gasteiger partial charge on any atom is 0.243 e. The molecule has 110 valence electrons. The van der Waals surface area contributed by atoms with Gasteiger partial charge >= 0.3 is 0 Å². The van der Waals surface area contributed by atoms with E-state index in [2.05, 4.69) is 26.6 Å². The molecule has 0 aliphatic rings. The van der Waals surface area contributed by atoms with E-state index in [1.807, 2.05) is 0 Å². The summed E-state index contributed by atoms with van der Waals surface area (Å²) in [5.74, 6) is -3.01. The fourth-order valence-corrected chi connectivity index (χ4v) is 2.12. The Labute approximate surface area is 127 Å². The minimum absolute atomic E-state index is 0.0988. The highest BCUT2D eigenvalue weighted by Gasteiger charge is 2.13. The van der Waals surface area contributed by atoms with Crippen molar-refractivity contribution in [3.8, 4) is 0 Å². The highest BCUT2D eigenvalue weighted by atomic mass is 79.9. The van der Waals surface area contributed by atoms with E-state index in [-0.39, 0.29) is 12.2 Å². The van der Waals surface area contributed by atoms with Crippen LogP contribution in [-0.2, 0) is 4.79 Å². The lowest BCUT2D eigenvalue weighted by atomic mass is 10.3. The summed E-state index contributed by atoms with van der Waals surface area (Å²) in [5.41, 5.74) is -0.432. The Morgan fingerprint density at radius 2 is 1.48 bits per heavy atom. The number of amides is 1. The van der Waals surface area contributed by atoms with Crippen LogP contribution in [0.25, 0.3) is 0 Å². The lowest BCUT2D eigenvalue weighted by Gasteiger charge is -2.11. The summed E-state index contributed by atoms with van der Waals surface area (Å²) in [6.45, 7) is -0.340. The topological polar surface area (TPSA) is 41.1 Å². The molecule has 0 atom stereocenters. The molecular formula is C14H10BrF3N2O. The highest BCUT2D eigenvalue weighted by molar-refractivity contribution is 9.10. The Kier molecular flexibility index (Phi) is 4.85. The Morgan fingerprint density at radius 1 is 0.952 bits per heavy atom. The lowest BCUT2D eigenvalue weighted by molar-refractivity contribution is -0.114. The van der Waals surface area contributed by atoms with Crippen molar-refractivity contribution in [2.45, 2.75) is 0 Å². The molecule has 0 heterocycles. The first-order chi connectivity index (χ1) is 9.99. The van der Waals surface area contributed by atoms with E-state index in [4.69, 9.17) is 0 Å². The van der Waals surface area contributed by atoms with Crippen LogP contribution in [0.5, 0.6) is 0 Å². The number of anilines is 2. The number of para-hydroxylation sites is 2. The molecule has 0 unspecified atom stereocenters. The van der Waals surface area contributed by atoms with Crippen molar-refractivity contribution >= 4 is 33.2 Å². The van der Waals surface area contributed by atoms with Crippen molar-refractivity contribution in [2.24, 2.45) is 0 Å². The second-order valence-electron chi connectivity index (χ2n) is 4.10. The van der Waals surface area contributed by atoms with Crippen molar-refractivity contribution in [3.05, 3.63) is 58.3 Å². The average Bonchev–Trinajstić information content (AvgIpc) is 2.42. The van der Waals surface area contributed by atoms with Crippen molar-refractivity contribution in [1.82, 2.24) is 0 Å². The van der Waals surface area contributed by atoms with Gasteiger partial charge in [-0.2, -0.15) is 0 Å². The molecule has 0 saturated carbocycles. The van der Waals surface area contributed by atoms with Gasteiger partial charge in [0.25, 0.3) is 0 Å². The van der Waals surface area contributed by atoms with Crippen LogP contribution in [0.2, 0.25) is 0 Å². The fourth-order valence-electron chi connectivity index (χ4n) is 1.64. The summed E-state index contributed by atoms with van der Waals surface area (Å²) in [6, 6.07) is 7.56. The van der Waals surface area contributed by atoms with Gasteiger partial charge in [0.2, 0.25) is 5.91 Å². The van der Waals surface area contributed by atoms with Gasteiger partial charge in [0.1, 0.15) is 23.1 Å². The number of nitrogens with one attached hydrogen (secondary N) is 2. The third kappa shape index (κ3) is 3.75. The molecule has 3 nitrogen and oxygen atoms in total. The SMILES string of the molecule is O=C(CNc1c(F)cccc1Br)Nc1c(F)cccc1F. The molecule has 7 heteroatoms. The Balaban J connectivity index is 2.03. The molecular weight excluding hydrogens is 349 g/mol. The van der Waals surface area contributed by atoms with E-state index in [0.717, 1.165) is 12.1 Å². The summed E-state index contributed by atoms with van der Waals surface area (Å²) < 4.78 is 40.7. The van der Waals surface area contributed by atoms with Gasteiger partial charge in [-0.3, -0.25) is 4.79 Å². The van der Waals surface area contributed by atoms with Crippen LogP contribution < -0.4 is 10.6 Å². The Morgan fingerprint density at radius 3 is 2.05 bits per heavy atom. The van der Waals surface area contributed by atoms with E-state index in [1.165, 1.54) is 18.2 Å². The van der Waals surface area contributed by atoms with Crippen molar-refractivity contribution in [2.75, 3.05) is 17.2 Å². The quantitative estimate of drug-likeness (QED) is 0.869. The smallest absolute Gasteiger partial charge is 0.243 e. The van der Waals surface area contributed by atoms with Gasteiger partial charge in [-0.25, -0.2) is 13.2 Å². The first-order valence-corrected chi connectivity index (χ1v) is 6.70. The van der Waals surface area contributed by atoms with Crippen LogP contribution in [0.15, 0.2) is 40.9 Å². The summed E-state index contributed by atoms with van der Waals surface area (Å²) >= 11 is 3.13. The van der Waals surface area contributed by atoms with Crippen LogP contribution in [0.4, 0.5) is 24.5 Å². The monoisotopic (exact) mass is 358 g/mol. The minimum Gasteiger partial charge on any atom is -0.373 e.